The van der Waals surface area contributed by atoms with Gasteiger partial charge in [-0.1, -0.05) is 6.92 Å². The lowest BCUT2D eigenvalue weighted by molar-refractivity contribution is -0.145. The van der Waals surface area contributed by atoms with Crippen molar-refractivity contribution in [2.45, 2.75) is 32.7 Å². The van der Waals surface area contributed by atoms with E-state index in [9.17, 15) is 4.79 Å². The summed E-state index contributed by atoms with van der Waals surface area (Å²) in [5, 5.41) is 3.03. The van der Waals surface area contributed by atoms with Gasteiger partial charge in [-0.2, -0.15) is 0 Å². The minimum atomic E-state index is -0.192. The molecule has 0 aromatic heterocycles. The first-order valence-electron chi connectivity index (χ1n) is 7.26. The number of carbonyl (C=O) groups is 1. The lowest BCUT2D eigenvalue weighted by atomic mass is 10.2. The molecule has 5 nitrogen and oxygen atoms in total. The Morgan fingerprint density at radius 3 is 2.37 bits per heavy atom. The van der Waals surface area contributed by atoms with Gasteiger partial charge in [0.1, 0.15) is 6.04 Å². The fraction of sp³-hybridized carbons (Fsp3) is 0.929. The molecule has 0 spiro atoms. The van der Waals surface area contributed by atoms with E-state index in [1.54, 1.807) is 0 Å². The molecule has 0 radical (unpaired) electrons. The summed E-state index contributed by atoms with van der Waals surface area (Å²) in [5.41, 5.74) is 0. The molecule has 0 saturated heterocycles. The van der Waals surface area contributed by atoms with E-state index in [0.29, 0.717) is 6.61 Å². The van der Waals surface area contributed by atoms with Crippen LogP contribution >= 0.6 is 0 Å². The Kier molecular flexibility index (Phi) is 10.8. The molecule has 0 aliphatic rings. The number of hydrogen-bond acceptors (Lipinski definition) is 5. The van der Waals surface area contributed by atoms with Gasteiger partial charge in [0.25, 0.3) is 0 Å². The molecule has 0 rings (SSSR count). The van der Waals surface area contributed by atoms with Crippen LogP contribution in [0.25, 0.3) is 0 Å². The number of carbonyl (C=O) groups excluding carboxylic acids is 1. The highest BCUT2D eigenvalue weighted by Gasteiger charge is 2.18. The van der Waals surface area contributed by atoms with E-state index in [-0.39, 0.29) is 12.0 Å². The zero-order valence-electron chi connectivity index (χ0n) is 13.2. The van der Waals surface area contributed by atoms with Gasteiger partial charge in [0.2, 0.25) is 0 Å². The summed E-state index contributed by atoms with van der Waals surface area (Å²) < 4.78 is 5.05. The maximum absolute atomic E-state index is 11.7. The van der Waals surface area contributed by atoms with Crippen LogP contribution in [-0.4, -0.2) is 75.7 Å². The third-order valence-electron chi connectivity index (χ3n) is 3.18. The van der Waals surface area contributed by atoms with E-state index < -0.39 is 0 Å². The predicted octanol–water partition coefficient (Wildman–Crippen LogP) is 0.801. The van der Waals surface area contributed by atoms with E-state index in [2.05, 4.69) is 36.1 Å². The molecule has 0 aliphatic heterocycles. The van der Waals surface area contributed by atoms with Gasteiger partial charge in [-0.3, -0.25) is 4.79 Å². The zero-order valence-corrected chi connectivity index (χ0v) is 13.2. The average molecular weight is 273 g/mol. The van der Waals surface area contributed by atoms with E-state index >= 15 is 0 Å². The minimum absolute atomic E-state index is 0.144. The third-order valence-corrected chi connectivity index (χ3v) is 3.18. The van der Waals surface area contributed by atoms with E-state index in [1.807, 2.05) is 14.0 Å². The average Bonchev–Trinajstić information content (AvgIpc) is 2.37. The van der Waals surface area contributed by atoms with Crippen molar-refractivity contribution < 1.29 is 9.53 Å². The van der Waals surface area contributed by atoms with Crippen LogP contribution in [0.5, 0.6) is 0 Å². The van der Waals surface area contributed by atoms with Crippen molar-refractivity contribution in [3.8, 4) is 0 Å². The van der Waals surface area contributed by atoms with Crippen LogP contribution in [-0.2, 0) is 9.53 Å². The van der Waals surface area contributed by atoms with Crippen molar-refractivity contribution in [3.63, 3.8) is 0 Å². The second-order valence-electron chi connectivity index (χ2n) is 4.97. The van der Waals surface area contributed by atoms with Crippen molar-refractivity contribution >= 4 is 5.97 Å². The SMILES string of the molecule is CCOC(=O)C(CCN(CC)CCCN(C)C)NC. The second-order valence-corrected chi connectivity index (χ2v) is 4.97. The van der Waals surface area contributed by atoms with Gasteiger partial charge in [0.15, 0.2) is 0 Å². The summed E-state index contributed by atoms with van der Waals surface area (Å²) in [6.45, 7) is 8.56. The molecule has 5 heteroatoms. The Bertz CT molecular complexity index is 235. The van der Waals surface area contributed by atoms with Crippen LogP contribution in [0.4, 0.5) is 0 Å². The second kappa shape index (κ2) is 11.2. The topological polar surface area (TPSA) is 44.8 Å². The Labute approximate surface area is 118 Å². The quantitative estimate of drug-likeness (QED) is 0.564. The Hall–Kier alpha value is -0.650. The summed E-state index contributed by atoms with van der Waals surface area (Å²) in [7, 11) is 5.99. The molecule has 1 N–H and O–H groups in total. The lowest BCUT2D eigenvalue weighted by Gasteiger charge is -2.23. The van der Waals surface area contributed by atoms with Crippen molar-refractivity contribution in [2.24, 2.45) is 0 Å². The van der Waals surface area contributed by atoms with E-state index in [0.717, 1.165) is 39.0 Å². The first-order valence-corrected chi connectivity index (χ1v) is 7.26. The van der Waals surface area contributed by atoms with Crippen molar-refractivity contribution in [2.75, 3.05) is 53.9 Å². The fourth-order valence-electron chi connectivity index (χ4n) is 1.97. The molecule has 0 aliphatic carbocycles. The number of rotatable bonds is 11. The third kappa shape index (κ3) is 8.97. The molecule has 0 bridgehead atoms. The first-order chi connectivity index (χ1) is 9.04. The number of likely N-dealkylation sites (N-methyl/N-ethyl adjacent to an activating group) is 1. The Balaban J connectivity index is 3.98. The summed E-state index contributed by atoms with van der Waals surface area (Å²) in [6, 6.07) is -0.192. The van der Waals surface area contributed by atoms with Gasteiger partial charge in [-0.25, -0.2) is 0 Å². The van der Waals surface area contributed by atoms with Gasteiger partial charge in [0.05, 0.1) is 6.61 Å². The van der Waals surface area contributed by atoms with Crippen molar-refractivity contribution in [3.05, 3.63) is 0 Å². The first kappa shape index (κ1) is 18.4. The number of nitrogens with zero attached hydrogens (tertiary/aromatic N) is 2. The van der Waals surface area contributed by atoms with Gasteiger partial charge in [-0.05, 0) is 60.5 Å². The Morgan fingerprint density at radius 1 is 1.21 bits per heavy atom. The fourth-order valence-corrected chi connectivity index (χ4v) is 1.97. The standard InChI is InChI=1S/C14H31N3O2/c1-6-17(11-8-10-16(4)5)12-9-13(15-3)14(18)19-7-2/h13,15H,6-12H2,1-5H3. The smallest absolute Gasteiger partial charge is 0.323 e. The summed E-state index contributed by atoms with van der Waals surface area (Å²) in [6.07, 6.45) is 1.95. The summed E-state index contributed by atoms with van der Waals surface area (Å²) >= 11 is 0. The molecule has 0 fully saturated rings. The molecule has 1 unspecified atom stereocenters. The molecule has 0 amide bonds. The normalized spacial score (nSPS) is 13.0. The molecular formula is C14H31N3O2. The molecule has 19 heavy (non-hydrogen) atoms. The van der Waals surface area contributed by atoms with Crippen LogP contribution in [0.15, 0.2) is 0 Å². The monoisotopic (exact) mass is 273 g/mol. The highest BCUT2D eigenvalue weighted by molar-refractivity contribution is 5.75. The minimum Gasteiger partial charge on any atom is -0.465 e. The summed E-state index contributed by atoms with van der Waals surface area (Å²) in [4.78, 5) is 16.2. The van der Waals surface area contributed by atoms with Crippen LogP contribution < -0.4 is 5.32 Å². The van der Waals surface area contributed by atoms with Gasteiger partial charge in [-0.15, -0.1) is 0 Å². The zero-order chi connectivity index (χ0) is 14.7. The van der Waals surface area contributed by atoms with Crippen LogP contribution in [0, 0.1) is 0 Å². The Morgan fingerprint density at radius 2 is 1.89 bits per heavy atom. The molecule has 0 saturated carbocycles. The van der Waals surface area contributed by atoms with E-state index in [1.165, 1.54) is 0 Å². The molecule has 0 aromatic carbocycles. The van der Waals surface area contributed by atoms with Gasteiger partial charge >= 0.3 is 5.97 Å². The lowest BCUT2D eigenvalue weighted by Crippen LogP contribution is -2.39. The van der Waals surface area contributed by atoms with Crippen molar-refractivity contribution in [1.29, 1.82) is 0 Å². The molecule has 0 heterocycles. The number of ether oxygens (including phenoxy) is 1. The number of esters is 1. The van der Waals surface area contributed by atoms with Crippen molar-refractivity contribution in [1.82, 2.24) is 15.1 Å². The van der Waals surface area contributed by atoms with Gasteiger partial charge in [0, 0.05) is 6.54 Å². The molecule has 0 aromatic rings. The summed E-state index contributed by atoms with van der Waals surface area (Å²) in [5.74, 6) is -0.144. The van der Waals surface area contributed by atoms with Crippen LogP contribution in [0.1, 0.15) is 26.7 Å². The van der Waals surface area contributed by atoms with E-state index in [4.69, 9.17) is 4.74 Å². The highest BCUT2D eigenvalue weighted by Crippen LogP contribution is 2.00. The highest BCUT2D eigenvalue weighted by atomic mass is 16.5. The molecule has 114 valence electrons. The van der Waals surface area contributed by atoms with Gasteiger partial charge < -0.3 is 19.9 Å². The largest absolute Gasteiger partial charge is 0.465 e. The molecular weight excluding hydrogens is 242 g/mol. The maximum Gasteiger partial charge on any atom is 0.323 e. The predicted molar refractivity (Wildman–Crippen MR) is 79.4 cm³/mol. The van der Waals surface area contributed by atoms with Crippen LogP contribution in [0.2, 0.25) is 0 Å². The molecule has 1 atom stereocenters. The number of hydrogen-bond donors (Lipinski definition) is 1. The number of nitrogens with one attached hydrogen (secondary N) is 1. The van der Waals surface area contributed by atoms with Crippen LogP contribution in [0.3, 0.4) is 0 Å². The maximum atomic E-state index is 11.7.